The fourth-order valence-corrected chi connectivity index (χ4v) is 6.43. The topological polar surface area (TPSA) is 232 Å². The number of halogens is 3. The van der Waals surface area contributed by atoms with Crippen LogP contribution in [0.5, 0.6) is 0 Å². The molecule has 59 heavy (non-hydrogen) atoms. The number of amides is 4. The van der Waals surface area contributed by atoms with Gasteiger partial charge in [-0.05, 0) is 103 Å². The number of tetrazole rings is 1. The Labute approximate surface area is 338 Å². The quantitative estimate of drug-likeness (QED) is 0.0797. The number of hydrogen-bond donors (Lipinski definition) is 7. The van der Waals surface area contributed by atoms with Gasteiger partial charge in [0.25, 0.3) is 5.91 Å². The van der Waals surface area contributed by atoms with Crippen molar-refractivity contribution in [2.45, 2.75) is 58.2 Å². The SMILES string of the molecule is CCN(CC)CCNC(=O)c1ccc(-c2ccc(C[C@H](NC(=O)[C@H]3CC[C@H](CNC(=O)O)CC3)C(=O)Nc3ccc(-c4nn[nH]n4)cc3)cc2)cc1.O=C(O)C(F)(F)F. The van der Waals surface area contributed by atoms with Gasteiger partial charge in [0.1, 0.15) is 6.04 Å². The first-order chi connectivity index (χ1) is 28.2. The van der Waals surface area contributed by atoms with Crippen LogP contribution in [0.3, 0.4) is 0 Å². The number of carboxylic acids is 1. The number of anilines is 1. The van der Waals surface area contributed by atoms with E-state index in [1.54, 1.807) is 24.3 Å². The van der Waals surface area contributed by atoms with Crippen LogP contribution in [0.25, 0.3) is 22.5 Å². The minimum Gasteiger partial charge on any atom is -0.475 e. The highest BCUT2D eigenvalue weighted by Crippen LogP contribution is 2.29. The summed E-state index contributed by atoms with van der Waals surface area (Å²) in [4.78, 5) is 61.9. The number of rotatable bonds is 16. The Morgan fingerprint density at radius 2 is 1.41 bits per heavy atom. The Kier molecular flexibility index (Phi) is 16.9. The minimum absolute atomic E-state index is 0.105. The largest absolute Gasteiger partial charge is 0.490 e. The van der Waals surface area contributed by atoms with Crippen LogP contribution < -0.4 is 21.3 Å². The van der Waals surface area contributed by atoms with Crippen molar-refractivity contribution in [1.82, 2.24) is 41.5 Å². The lowest BCUT2D eigenvalue weighted by Gasteiger charge is -2.29. The number of nitrogens with zero attached hydrogens (tertiary/aromatic N) is 4. The second-order valence-electron chi connectivity index (χ2n) is 13.8. The van der Waals surface area contributed by atoms with Crippen molar-refractivity contribution in [1.29, 1.82) is 0 Å². The summed E-state index contributed by atoms with van der Waals surface area (Å²) in [6.45, 7) is 7.85. The van der Waals surface area contributed by atoms with Gasteiger partial charge in [-0.1, -0.05) is 50.2 Å². The van der Waals surface area contributed by atoms with Gasteiger partial charge in [-0.2, -0.15) is 18.4 Å². The predicted molar refractivity (Wildman–Crippen MR) is 211 cm³/mol. The molecule has 4 aromatic rings. The van der Waals surface area contributed by atoms with Gasteiger partial charge in [0.15, 0.2) is 0 Å². The van der Waals surface area contributed by atoms with E-state index in [9.17, 15) is 32.3 Å². The van der Waals surface area contributed by atoms with Crippen LogP contribution in [0.1, 0.15) is 55.5 Å². The fraction of sp³-hybridized carbons (Fsp3) is 0.400. The maximum absolute atomic E-state index is 13.7. The van der Waals surface area contributed by atoms with Gasteiger partial charge in [-0.25, -0.2) is 9.59 Å². The van der Waals surface area contributed by atoms with E-state index in [-0.39, 0.29) is 36.0 Å². The van der Waals surface area contributed by atoms with Crippen LogP contribution in [0.15, 0.2) is 72.8 Å². The smallest absolute Gasteiger partial charge is 0.475 e. The molecule has 7 N–H and O–H groups in total. The zero-order chi connectivity index (χ0) is 43.0. The molecule has 0 saturated heterocycles. The predicted octanol–water partition coefficient (Wildman–Crippen LogP) is 4.98. The Bertz CT molecular complexity index is 1970. The zero-order valence-corrected chi connectivity index (χ0v) is 32.6. The van der Waals surface area contributed by atoms with E-state index in [4.69, 9.17) is 15.0 Å². The first-order valence-corrected chi connectivity index (χ1v) is 19.1. The van der Waals surface area contributed by atoms with Crippen LogP contribution in [0, 0.1) is 11.8 Å². The van der Waals surface area contributed by atoms with Gasteiger partial charge in [0, 0.05) is 48.8 Å². The average Bonchev–Trinajstić information content (AvgIpc) is 3.77. The van der Waals surface area contributed by atoms with E-state index in [0.717, 1.165) is 54.7 Å². The van der Waals surface area contributed by atoms with Crippen LogP contribution >= 0.6 is 0 Å². The number of aromatic nitrogens is 4. The third-order valence-corrected chi connectivity index (χ3v) is 9.87. The lowest BCUT2D eigenvalue weighted by molar-refractivity contribution is -0.192. The number of benzene rings is 3. The summed E-state index contributed by atoms with van der Waals surface area (Å²) in [5.74, 6) is -3.05. The molecule has 1 aliphatic carbocycles. The molecule has 1 heterocycles. The molecule has 1 atom stereocenters. The molecule has 1 fully saturated rings. The van der Waals surface area contributed by atoms with Crippen molar-refractivity contribution in [2.24, 2.45) is 11.8 Å². The highest BCUT2D eigenvalue weighted by molar-refractivity contribution is 5.98. The van der Waals surface area contributed by atoms with Gasteiger partial charge in [-0.3, -0.25) is 14.4 Å². The number of hydrogen-bond acceptors (Lipinski definition) is 9. The van der Waals surface area contributed by atoms with Crippen molar-refractivity contribution in [3.8, 4) is 22.5 Å². The van der Waals surface area contributed by atoms with Crippen molar-refractivity contribution < 1.29 is 47.4 Å². The van der Waals surface area contributed by atoms with E-state index >= 15 is 0 Å². The maximum atomic E-state index is 13.7. The second kappa shape index (κ2) is 22.0. The molecular weight excluding hydrogens is 775 g/mol. The molecule has 16 nitrogen and oxygen atoms in total. The highest BCUT2D eigenvalue weighted by Gasteiger charge is 2.38. The molecular formula is C40H48F3N9O7. The number of H-pyrrole nitrogens is 1. The number of aliphatic carboxylic acids is 1. The molecule has 1 aromatic heterocycles. The Morgan fingerprint density at radius 1 is 0.831 bits per heavy atom. The van der Waals surface area contributed by atoms with E-state index in [2.05, 4.69) is 60.6 Å². The second-order valence-corrected chi connectivity index (χ2v) is 13.8. The van der Waals surface area contributed by atoms with Gasteiger partial charge in [0.05, 0.1) is 0 Å². The standard InChI is InChI=1S/C38H47N9O5.C2HF3O2/c1-3-47(4-2)22-21-39-35(48)30-15-13-28(14-16-30)27-9-5-25(6-10-27)23-33(42-36(49)31-11-7-26(8-12-31)24-40-38(51)52)37(50)41-32-19-17-29(18-20-32)34-43-45-46-44-34;3-2(4,5)1(6)7/h5-6,9-10,13-20,26,31,33,40H,3-4,7-8,11-12,21-24H2,1-2H3,(H,39,48)(H,41,50)(H,42,49)(H,51,52)(H,43,44,45,46);(H,6,7)/t26-,31-,33-;/m0./s1. The third kappa shape index (κ3) is 14.5. The van der Waals surface area contributed by atoms with Gasteiger partial charge >= 0.3 is 18.2 Å². The van der Waals surface area contributed by atoms with Gasteiger partial charge in [0.2, 0.25) is 17.6 Å². The summed E-state index contributed by atoms with van der Waals surface area (Å²) < 4.78 is 31.7. The Morgan fingerprint density at radius 3 is 1.93 bits per heavy atom. The maximum Gasteiger partial charge on any atom is 0.490 e. The van der Waals surface area contributed by atoms with E-state index < -0.39 is 24.3 Å². The number of alkyl halides is 3. The van der Waals surface area contributed by atoms with Crippen molar-refractivity contribution in [3.63, 3.8) is 0 Å². The van der Waals surface area contributed by atoms with E-state index in [1.165, 1.54) is 0 Å². The number of nitrogens with one attached hydrogen (secondary N) is 5. The molecule has 0 unspecified atom stereocenters. The lowest BCUT2D eigenvalue weighted by Crippen LogP contribution is -2.48. The molecule has 0 aliphatic heterocycles. The molecule has 19 heteroatoms. The molecule has 0 spiro atoms. The number of carbonyl (C=O) groups is 5. The minimum atomic E-state index is -5.08. The van der Waals surface area contributed by atoms with Crippen LogP contribution in [0.2, 0.25) is 0 Å². The molecule has 1 aliphatic rings. The van der Waals surface area contributed by atoms with E-state index in [0.29, 0.717) is 43.0 Å². The normalized spacial score (nSPS) is 15.6. The van der Waals surface area contributed by atoms with E-state index in [1.807, 2.05) is 48.5 Å². The molecule has 0 bridgehead atoms. The summed E-state index contributed by atoms with van der Waals surface area (Å²) in [6.07, 6.45) is -3.17. The first-order valence-electron chi connectivity index (χ1n) is 19.1. The van der Waals surface area contributed by atoms with Crippen molar-refractivity contribution in [2.75, 3.05) is 38.0 Å². The third-order valence-electron chi connectivity index (χ3n) is 9.87. The molecule has 3 aromatic carbocycles. The zero-order valence-electron chi connectivity index (χ0n) is 32.6. The summed E-state index contributed by atoms with van der Waals surface area (Å²) >= 11 is 0. The summed E-state index contributed by atoms with van der Waals surface area (Å²) in [5, 5.41) is 41.4. The number of aromatic amines is 1. The molecule has 4 amide bonds. The van der Waals surface area contributed by atoms with Crippen molar-refractivity contribution in [3.05, 3.63) is 83.9 Å². The number of likely N-dealkylation sites (N-methyl/N-ethyl adjacent to an activating group) is 1. The first kappa shape index (κ1) is 45.3. The van der Waals surface area contributed by atoms with Crippen molar-refractivity contribution >= 4 is 35.5 Å². The fourth-order valence-electron chi connectivity index (χ4n) is 6.43. The van der Waals surface area contributed by atoms with Crippen LogP contribution in [-0.2, 0) is 20.8 Å². The Balaban J connectivity index is 0.00000101. The number of carbonyl (C=O) groups excluding carboxylic acids is 3. The summed E-state index contributed by atoms with van der Waals surface area (Å²) in [6, 6.07) is 21.5. The van der Waals surface area contributed by atoms with Gasteiger partial charge in [-0.15, -0.1) is 10.2 Å². The molecule has 0 radical (unpaired) electrons. The monoisotopic (exact) mass is 823 g/mol. The molecule has 5 rings (SSSR count). The Hall–Kier alpha value is -6.37. The highest BCUT2D eigenvalue weighted by atomic mass is 19.4. The van der Waals surface area contributed by atoms with Gasteiger partial charge < -0.3 is 36.4 Å². The average molecular weight is 824 g/mol. The molecule has 316 valence electrons. The lowest BCUT2D eigenvalue weighted by atomic mass is 9.81. The molecule has 1 saturated carbocycles. The van der Waals surface area contributed by atoms with Crippen LogP contribution in [0.4, 0.5) is 23.7 Å². The van der Waals surface area contributed by atoms with Crippen LogP contribution in [-0.4, -0.2) is 110 Å². The number of carboxylic acid groups (broad SMARTS) is 2. The summed E-state index contributed by atoms with van der Waals surface area (Å²) in [7, 11) is 0. The summed E-state index contributed by atoms with van der Waals surface area (Å²) in [5.41, 5.74) is 4.66.